The molecule has 0 unspecified atom stereocenters. The van der Waals surface area contributed by atoms with Gasteiger partial charge in [0.05, 0.1) is 0 Å². The second-order valence-corrected chi connectivity index (χ2v) is 10.3. The van der Waals surface area contributed by atoms with E-state index in [1.165, 1.54) is 69.4 Å². The molecule has 0 saturated carbocycles. The maximum absolute atomic E-state index is 12.7. The van der Waals surface area contributed by atoms with Crippen molar-refractivity contribution in [2.45, 2.75) is 51.6 Å². The standard InChI is InChI=1S/C31H38N4O/c1-24-5-11-27(12-6-24)32-28-15-9-26(10-16-28)31(36)33-29-13-7-25(8-14-29)23-34-21-17-30(18-22-34)35-19-3-2-4-20-35/h5-16,30,32H,2-4,17-23H2,1H3,(H,33,36). The minimum atomic E-state index is -0.0931. The molecule has 0 bridgehead atoms. The molecule has 2 fully saturated rings. The zero-order valence-corrected chi connectivity index (χ0v) is 21.4. The topological polar surface area (TPSA) is 47.6 Å². The van der Waals surface area contributed by atoms with E-state index in [0.717, 1.165) is 29.6 Å². The van der Waals surface area contributed by atoms with E-state index in [9.17, 15) is 4.79 Å². The number of carbonyl (C=O) groups excluding carboxylic acids is 1. The Bertz CT molecular complexity index is 1110. The molecule has 2 saturated heterocycles. The Hall–Kier alpha value is -3.15. The van der Waals surface area contributed by atoms with Crippen LogP contribution in [0.5, 0.6) is 0 Å². The summed E-state index contributed by atoms with van der Waals surface area (Å²) in [5.74, 6) is -0.0931. The van der Waals surface area contributed by atoms with Gasteiger partial charge in [0.15, 0.2) is 0 Å². The van der Waals surface area contributed by atoms with Gasteiger partial charge in [0.25, 0.3) is 5.91 Å². The summed E-state index contributed by atoms with van der Waals surface area (Å²) in [7, 11) is 0. The first-order valence-corrected chi connectivity index (χ1v) is 13.4. The Morgan fingerprint density at radius 2 is 1.33 bits per heavy atom. The van der Waals surface area contributed by atoms with Gasteiger partial charge >= 0.3 is 0 Å². The molecule has 2 aliphatic heterocycles. The molecular weight excluding hydrogens is 444 g/mol. The van der Waals surface area contributed by atoms with Gasteiger partial charge in [-0.2, -0.15) is 0 Å². The van der Waals surface area contributed by atoms with Crippen LogP contribution in [0, 0.1) is 6.92 Å². The van der Waals surface area contributed by atoms with Crippen LogP contribution in [-0.2, 0) is 6.54 Å². The molecule has 0 atom stereocenters. The van der Waals surface area contributed by atoms with Crippen LogP contribution in [0.25, 0.3) is 0 Å². The molecule has 2 aliphatic rings. The van der Waals surface area contributed by atoms with Crippen molar-refractivity contribution in [3.05, 3.63) is 89.5 Å². The van der Waals surface area contributed by atoms with Gasteiger partial charge in [-0.3, -0.25) is 9.69 Å². The fourth-order valence-corrected chi connectivity index (χ4v) is 5.39. The van der Waals surface area contributed by atoms with Crippen LogP contribution in [0.3, 0.4) is 0 Å². The summed E-state index contributed by atoms with van der Waals surface area (Å²) < 4.78 is 0. The van der Waals surface area contributed by atoms with Crippen LogP contribution in [-0.4, -0.2) is 47.9 Å². The van der Waals surface area contributed by atoms with Gasteiger partial charge in [-0.25, -0.2) is 0 Å². The highest BCUT2D eigenvalue weighted by Crippen LogP contribution is 2.23. The number of nitrogens with one attached hydrogen (secondary N) is 2. The maximum atomic E-state index is 12.7. The summed E-state index contributed by atoms with van der Waals surface area (Å²) in [5, 5.41) is 6.40. The van der Waals surface area contributed by atoms with E-state index in [1.807, 2.05) is 36.4 Å². The Morgan fingerprint density at radius 1 is 0.750 bits per heavy atom. The number of nitrogens with zero attached hydrogens (tertiary/aromatic N) is 2. The Morgan fingerprint density at radius 3 is 1.97 bits per heavy atom. The van der Waals surface area contributed by atoms with Crippen molar-refractivity contribution >= 4 is 23.0 Å². The highest BCUT2D eigenvalue weighted by molar-refractivity contribution is 6.04. The van der Waals surface area contributed by atoms with Gasteiger partial charge in [-0.15, -0.1) is 0 Å². The van der Waals surface area contributed by atoms with E-state index < -0.39 is 0 Å². The summed E-state index contributed by atoms with van der Waals surface area (Å²) in [6, 6.07) is 24.9. The van der Waals surface area contributed by atoms with Crippen molar-refractivity contribution < 1.29 is 4.79 Å². The predicted octanol–water partition coefficient (Wildman–Crippen LogP) is 6.44. The molecule has 5 rings (SSSR count). The van der Waals surface area contributed by atoms with Gasteiger partial charge in [0, 0.05) is 35.2 Å². The molecule has 2 N–H and O–H groups in total. The zero-order valence-electron chi connectivity index (χ0n) is 21.4. The first-order valence-electron chi connectivity index (χ1n) is 13.4. The van der Waals surface area contributed by atoms with Crippen LogP contribution in [0.2, 0.25) is 0 Å². The smallest absolute Gasteiger partial charge is 0.255 e. The Balaban J connectivity index is 1.09. The van der Waals surface area contributed by atoms with Crippen molar-refractivity contribution in [1.82, 2.24) is 9.80 Å². The monoisotopic (exact) mass is 482 g/mol. The van der Waals surface area contributed by atoms with Crippen molar-refractivity contribution in [2.24, 2.45) is 0 Å². The van der Waals surface area contributed by atoms with E-state index in [4.69, 9.17) is 0 Å². The van der Waals surface area contributed by atoms with Crippen molar-refractivity contribution in [2.75, 3.05) is 36.8 Å². The summed E-state index contributed by atoms with van der Waals surface area (Å²) in [6.45, 7) is 8.00. The first kappa shape index (κ1) is 24.5. The van der Waals surface area contributed by atoms with E-state index in [-0.39, 0.29) is 5.91 Å². The Kier molecular flexibility index (Phi) is 7.99. The highest BCUT2D eigenvalue weighted by atomic mass is 16.1. The van der Waals surface area contributed by atoms with Crippen LogP contribution < -0.4 is 10.6 Å². The third kappa shape index (κ3) is 6.54. The average molecular weight is 483 g/mol. The van der Waals surface area contributed by atoms with Gasteiger partial charge in [-0.1, -0.05) is 36.2 Å². The van der Waals surface area contributed by atoms with Gasteiger partial charge < -0.3 is 15.5 Å². The van der Waals surface area contributed by atoms with Crippen LogP contribution in [0.4, 0.5) is 17.1 Å². The van der Waals surface area contributed by atoms with Gasteiger partial charge in [0.1, 0.15) is 0 Å². The molecule has 5 nitrogen and oxygen atoms in total. The summed E-state index contributed by atoms with van der Waals surface area (Å²) >= 11 is 0. The van der Waals surface area contributed by atoms with E-state index in [2.05, 4.69) is 63.8 Å². The Labute approximate surface area is 215 Å². The minimum absolute atomic E-state index is 0.0931. The molecule has 0 aromatic heterocycles. The quantitative estimate of drug-likeness (QED) is 0.407. The summed E-state index contributed by atoms with van der Waals surface area (Å²) in [4.78, 5) is 18.0. The highest BCUT2D eigenvalue weighted by Gasteiger charge is 2.25. The van der Waals surface area contributed by atoms with Gasteiger partial charge in [-0.05, 0) is 113 Å². The lowest BCUT2D eigenvalue weighted by atomic mass is 9.99. The number of benzene rings is 3. The summed E-state index contributed by atoms with van der Waals surface area (Å²) in [5.41, 5.74) is 5.99. The SMILES string of the molecule is Cc1ccc(Nc2ccc(C(=O)Nc3ccc(CN4CCC(N5CCCCC5)CC4)cc3)cc2)cc1. The predicted molar refractivity (Wildman–Crippen MR) is 149 cm³/mol. The fourth-order valence-electron chi connectivity index (χ4n) is 5.39. The average Bonchev–Trinajstić information content (AvgIpc) is 2.92. The molecule has 3 aromatic carbocycles. The largest absolute Gasteiger partial charge is 0.356 e. The fraction of sp³-hybridized carbons (Fsp3) is 0.387. The van der Waals surface area contributed by atoms with Crippen molar-refractivity contribution in [3.8, 4) is 0 Å². The number of aryl methyl sites for hydroxylation is 1. The molecule has 0 aliphatic carbocycles. The molecule has 0 spiro atoms. The molecule has 5 heteroatoms. The van der Waals surface area contributed by atoms with Crippen LogP contribution in [0.15, 0.2) is 72.8 Å². The van der Waals surface area contributed by atoms with E-state index >= 15 is 0 Å². The second-order valence-electron chi connectivity index (χ2n) is 10.3. The molecule has 2 heterocycles. The maximum Gasteiger partial charge on any atom is 0.255 e. The lowest BCUT2D eigenvalue weighted by Gasteiger charge is -2.40. The number of carbonyl (C=O) groups is 1. The zero-order chi connectivity index (χ0) is 24.7. The number of anilines is 3. The number of likely N-dealkylation sites (tertiary alicyclic amines) is 2. The lowest BCUT2D eigenvalue weighted by molar-refractivity contribution is 0.0896. The molecular formula is C31H38N4O. The van der Waals surface area contributed by atoms with E-state index in [0.29, 0.717) is 5.56 Å². The third-order valence-electron chi connectivity index (χ3n) is 7.57. The lowest BCUT2D eigenvalue weighted by Crippen LogP contribution is -2.46. The number of amides is 1. The van der Waals surface area contributed by atoms with Crippen molar-refractivity contribution in [3.63, 3.8) is 0 Å². The number of rotatable bonds is 7. The molecule has 1 amide bonds. The summed E-state index contributed by atoms with van der Waals surface area (Å²) in [6.07, 6.45) is 6.73. The molecule has 188 valence electrons. The number of hydrogen-bond donors (Lipinski definition) is 2. The van der Waals surface area contributed by atoms with Gasteiger partial charge in [0.2, 0.25) is 0 Å². The number of hydrogen-bond acceptors (Lipinski definition) is 4. The minimum Gasteiger partial charge on any atom is -0.356 e. The number of piperidine rings is 2. The molecule has 36 heavy (non-hydrogen) atoms. The molecule has 3 aromatic rings. The van der Waals surface area contributed by atoms with E-state index in [1.54, 1.807) is 0 Å². The third-order valence-corrected chi connectivity index (χ3v) is 7.57. The first-order chi connectivity index (χ1) is 17.6. The second kappa shape index (κ2) is 11.7. The normalized spacial score (nSPS) is 17.6. The van der Waals surface area contributed by atoms with Crippen LogP contribution >= 0.6 is 0 Å². The van der Waals surface area contributed by atoms with Crippen LogP contribution in [0.1, 0.15) is 53.6 Å². The van der Waals surface area contributed by atoms with Crippen molar-refractivity contribution in [1.29, 1.82) is 0 Å². The molecule has 0 radical (unpaired) electrons.